The number of sulfone groups is 1. The molecule has 6 nitrogen and oxygen atoms in total. The Morgan fingerprint density at radius 1 is 0.810 bits per heavy atom. The third-order valence-corrected chi connectivity index (χ3v) is 5.01. The Labute approximate surface area is 122 Å². The lowest BCUT2D eigenvalue weighted by molar-refractivity contribution is 0.475. The van der Waals surface area contributed by atoms with Gasteiger partial charge in [-0.2, -0.15) is 0 Å². The smallest absolute Gasteiger partial charge is 0.206 e. The molecule has 0 aromatic heterocycles. The van der Waals surface area contributed by atoms with Crippen molar-refractivity contribution in [3.05, 3.63) is 35.4 Å². The van der Waals surface area contributed by atoms with Gasteiger partial charge in [0, 0.05) is 12.1 Å². The molecule has 0 radical (unpaired) electrons. The van der Waals surface area contributed by atoms with Crippen molar-refractivity contribution in [1.82, 2.24) is 0 Å². The number of anilines is 2. The summed E-state index contributed by atoms with van der Waals surface area (Å²) in [5.41, 5.74) is 12.4. The lowest BCUT2D eigenvalue weighted by atomic mass is 10.2. The van der Waals surface area contributed by atoms with Crippen LogP contribution in [0.5, 0.6) is 11.5 Å². The molecule has 0 amide bonds. The molecule has 0 heterocycles. The monoisotopic (exact) mass is 308 g/mol. The second-order valence-electron chi connectivity index (χ2n) is 4.85. The van der Waals surface area contributed by atoms with Gasteiger partial charge in [-0.1, -0.05) is 0 Å². The van der Waals surface area contributed by atoms with Crippen molar-refractivity contribution in [3.63, 3.8) is 0 Å². The van der Waals surface area contributed by atoms with Crippen molar-refractivity contribution in [2.45, 2.75) is 23.6 Å². The molecule has 0 spiro atoms. The maximum Gasteiger partial charge on any atom is 0.206 e. The summed E-state index contributed by atoms with van der Waals surface area (Å²) in [6.07, 6.45) is 0. The Kier molecular flexibility index (Phi) is 3.46. The molecule has 6 N–H and O–H groups in total. The number of phenols is 2. The van der Waals surface area contributed by atoms with Crippen LogP contribution in [0.4, 0.5) is 11.4 Å². The number of benzene rings is 2. The lowest BCUT2D eigenvalue weighted by Crippen LogP contribution is -2.05. The van der Waals surface area contributed by atoms with Gasteiger partial charge < -0.3 is 21.7 Å². The van der Waals surface area contributed by atoms with Crippen LogP contribution in [0.1, 0.15) is 11.1 Å². The SMILES string of the molecule is Cc1cc(S(=O)(=O)c2cc(C)c(N)c(O)c2)cc(O)c1N. The number of aryl methyl sites for hydroxylation is 2. The Balaban J connectivity index is 2.68. The topological polar surface area (TPSA) is 127 Å². The predicted molar refractivity (Wildman–Crippen MR) is 80.0 cm³/mol. The van der Waals surface area contributed by atoms with Crippen molar-refractivity contribution in [2.75, 3.05) is 11.5 Å². The van der Waals surface area contributed by atoms with Crippen molar-refractivity contribution in [3.8, 4) is 11.5 Å². The first-order valence-electron chi connectivity index (χ1n) is 6.08. The highest BCUT2D eigenvalue weighted by Crippen LogP contribution is 2.34. The summed E-state index contributed by atoms with van der Waals surface area (Å²) in [6.45, 7) is 3.19. The van der Waals surface area contributed by atoms with E-state index in [4.69, 9.17) is 11.5 Å². The number of hydrogen-bond donors (Lipinski definition) is 4. The summed E-state index contributed by atoms with van der Waals surface area (Å²) < 4.78 is 25.1. The summed E-state index contributed by atoms with van der Waals surface area (Å²) in [7, 11) is -3.89. The minimum Gasteiger partial charge on any atom is -0.506 e. The highest BCUT2D eigenvalue weighted by molar-refractivity contribution is 7.91. The fourth-order valence-electron chi connectivity index (χ4n) is 1.94. The van der Waals surface area contributed by atoms with E-state index >= 15 is 0 Å². The van der Waals surface area contributed by atoms with Gasteiger partial charge in [-0.3, -0.25) is 0 Å². The van der Waals surface area contributed by atoms with Crippen LogP contribution < -0.4 is 11.5 Å². The van der Waals surface area contributed by atoms with E-state index < -0.39 is 9.84 Å². The highest BCUT2D eigenvalue weighted by Gasteiger charge is 2.22. The number of aromatic hydroxyl groups is 2. The van der Waals surface area contributed by atoms with Crippen LogP contribution in [-0.2, 0) is 9.84 Å². The Morgan fingerprint density at radius 2 is 1.14 bits per heavy atom. The molecule has 0 aliphatic carbocycles. The van der Waals surface area contributed by atoms with Crippen LogP contribution in [0.25, 0.3) is 0 Å². The number of nitrogens with two attached hydrogens (primary N) is 2. The molecule has 0 fully saturated rings. The van der Waals surface area contributed by atoms with Gasteiger partial charge in [0.25, 0.3) is 0 Å². The molecular formula is C14H16N2O4S. The Bertz CT molecular complexity index is 719. The molecule has 2 rings (SSSR count). The van der Waals surface area contributed by atoms with Crippen LogP contribution in [0.3, 0.4) is 0 Å². The third-order valence-electron chi connectivity index (χ3n) is 3.30. The van der Waals surface area contributed by atoms with Crippen molar-refractivity contribution >= 4 is 21.2 Å². The normalized spacial score (nSPS) is 11.5. The quantitative estimate of drug-likeness (QED) is 0.494. The van der Waals surface area contributed by atoms with Gasteiger partial charge in [-0.05, 0) is 37.1 Å². The molecule has 2 aromatic rings. The maximum absolute atomic E-state index is 12.6. The van der Waals surface area contributed by atoms with E-state index in [1.807, 2.05) is 0 Å². The van der Waals surface area contributed by atoms with Gasteiger partial charge in [0.1, 0.15) is 11.5 Å². The first kappa shape index (κ1) is 15.0. The molecule has 112 valence electrons. The van der Waals surface area contributed by atoms with Crippen molar-refractivity contribution in [2.24, 2.45) is 0 Å². The minimum atomic E-state index is -3.89. The van der Waals surface area contributed by atoms with E-state index in [0.29, 0.717) is 11.1 Å². The fraction of sp³-hybridized carbons (Fsp3) is 0.143. The molecule has 7 heteroatoms. The van der Waals surface area contributed by atoms with Crippen LogP contribution in [0.15, 0.2) is 34.1 Å². The van der Waals surface area contributed by atoms with Crippen LogP contribution >= 0.6 is 0 Å². The summed E-state index contributed by atoms with van der Waals surface area (Å²) in [5, 5.41) is 19.4. The van der Waals surface area contributed by atoms with Crippen LogP contribution in [-0.4, -0.2) is 18.6 Å². The van der Waals surface area contributed by atoms with Crippen molar-refractivity contribution < 1.29 is 18.6 Å². The molecule has 0 aliphatic rings. The van der Waals surface area contributed by atoms with Crippen LogP contribution in [0.2, 0.25) is 0 Å². The summed E-state index contributed by atoms with van der Waals surface area (Å²) in [5.74, 6) is -0.602. The van der Waals surface area contributed by atoms with Gasteiger partial charge in [-0.25, -0.2) is 8.42 Å². The third kappa shape index (κ3) is 2.47. The highest BCUT2D eigenvalue weighted by atomic mass is 32.2. The van der Waals surface area contributed by atoms with E-state index in [1.165, 1.54) is 12.1 Å². The molecule has 0 saturated carbocycles. The molecule has 2 aromatic carbocycles. The Morgan fingerprint density at radius 3 is 1.43 bits per heavy atom. The summed E-state index contributed by atoms with van der Waals surface area (Å²) in [4.78, 5) is -0.203. The van der Waals surface area contributed by atoms with E-state index in [1.54, 1.807) is 13.8 Å². The Hall–Kier alpha value is -2.41. The number of nitrogen functional groups attached to an aromatic ring is 2. The average Bonchev–Trinajstić information content (AvgIpc) is 2.40. The molecule has 21 heavy (non-hydrogen) atoms. The van der Waals surface area contributed by atoms with E-state index in [9.17, 15) is 18.6 Å². The molecule has 0 atom stereocenters. The zero-order valence-corrected chi connectivity index (χ0v) is 12.4. The average molecular weight is 308 g/mol. The molecule has 0 bridgehead atoms. The maximum atomic E-state index is 12.6. The molecule has 0 saturated heterocycles. The van der Waals surface area contributed by atoms with Crippen LogP contribution in [0, 0.1) is 13.8 Å². The van der Waals surface area contributed by atoms with E-state index in [0.717, 1.165) is 12.1 Å². The zero-order valence-electron chi connectivity index (χ0n) is 11.6. The standard InChI is InChI=1S/C14H16N2O4S/c1-7-3-9(5-11(17)13(7)15)21(19,20)10-4-8(2)14(16)12(18)6-10/h3-6,17-18H,15-16H2,1-2H3. The predicted octanol–water partition coefficient (Wildman–Crippen LogP) is 1.71. The van der Waals surface area contributed by atoms with E-state index in [-0.39, 0.29) is 32.7 Å². The van der Waals surface area contributed by atoms with Gasteiger partial charge >= 0.3 is 0 Å². The summed E-state index contributed by atoms with van der Waals surface area (Å²) >= 11 is 0. The second-order valence-corrected chi connectivity index (χ2v) is 6.80. The fourth-order valence-corrected chi connectivity index (χ4v) is 3.41. The largest absolute Gasteiger partial charge is 0.506 e. The molecular weight excluding hydrogens is 292 g/mol. The number of phenolic OH excluding ortho intramolecular Hbond substituents is 2. The van der Waals surface area contributed by atoms with Gasteiger partial charge in [0.2, 0.25) is 9.84 Å². The number of rotatable bonds is 2. The first-order chi connectivity index (χ1) is 9.64. The lowest BCUT2D eigenvalue weighted by Gasteiger charge is -2.11. The first-order valence-corrected chi connectivity index (χ1v) is 7.56. The summed E-state index contributed by atoms with van der Waals surface area (Å²) in [6, 6.07) is 4.90. The molecule has 0 unspecified atom stereocenters. The van der Waals surface area contributed by atoms with E-state index in [2.05, 4.69) is 0 Å². The minimum absolute atomic E-state index is 0.102. The zero-order chi connectivity index (χ0) is 15.9. The molecule has 0 aliphatic heterocycles. The number of hydrogen-bond acceptors (Lipinski definition) is 6. The van der Waals surface area contributed by atoms with Gasteiger partial charge in [0.15, 0.2) is 0 Å². The second kappa shape index (κ2) is 4.85. The van der Waals surface area contributed by atoms with Crippen molar-refractivity contribution in [1.29, 1.82) is 0 Å². The van der Waals surface area contributed by atoms with Gasteiger partial charge in [-0.15, -0.1) is 0 Å². The van der Waals surface area contributed by atoms with Gasteiger partial charge in [0.05, 0.1) is 21.2 Å².